The fourth-order valence-corrected chi connectivity index (χ4v) is 1.80. The molecule has 0 amide bonds. The van der Waals surface area contributed by atoms with Gasteiger partial charge in [0.1, 0.15) is 5.82 Å². The first kappa shape index (κ1) is 11.0. The van der Waals surface area contributed by atoms with Crippen molar-refractivity contribution in [1.29, 1.82) is 0 Å². The zero-order chi connectivity index (χ0) is 11.6. The van der Waals surface area contributed by atoms with Crippen LogP contribution in [0.15, 0.2) is 23.2 Å². The number of hydrogen-bond acceptors (Lipinski definition) is 3. The normalized spacial score (nSPS) is 16.6. The first-order valence-corrected chi connectivity index (χ1v) is 5.09. The fourth-order valence-electron chi connectivity index (χ4n) is 1.80. The minimum Gasteiger partial charge on any atom is -0.380 e. The molecular weight excluding hydrogens is 209 g/mol. The van der Waals surface area contributed by atoms with Crippen molar-refractivity contribution in [2.24, 2.45) is 4.99 Å². The van der Waals surface area contributed by atoms with Gasteiger partial charge in [-0.15, -0.1) is 0 Å². The number of carbonyl (C=O) groups excluding carboxylic acids is 1. The highest BCUT2D eigenvalue weighted by Crippen LogP contribution is 2.49. The van der Waals surface area contributed by atoms with Gasteiger partial charge in [0.2, 0.25) is 6.08 Å². The maximum absolute atomic E-state index is 13.4. The van der Waals surface area contributed by atoms with Gasteiger partial charge in [-0.25, -0.2) is 9.18 Å². The summed E-state index contributed by atoms with van der Waals surface area (Å²) in [6, 6.07) is 4.78. The van der Waals surface area contributed by atoms with Crippen LogP contribution in [-0.2, 0) is 21.7 Å². The zero-order valence-electron chi connectivity index (χ0n) is 9.00. The number of rotatable bonds is 4. The summed E-state index contributed by atoms with van der Waals surface area (Å²) in [6.07, 6.45) is 3.22. The number of hydrogen-bond donors (Lipinski definition) is 0. The lowest BCUT2D eigenvalue weighted by atomic mass is 10.0. The van der Waals surface area contributed by atoms with Crippen molar-refractivity contribution < 1.29 is 13.9 Å². The fraction of sp³-hybridized carbons (Fsp3) is 0.417. The van der Waals surface area contributed by atoms with Crippen LogP contribution in [0.2, 0.25) is 0 Å². The molecule has 1 aromatic carbocycles. The summed E-state index contributed by atoms with van der Waals surface area (Å²) in [4.78, 5) is 14.1. The molecule has 0 aromatic heterocycles. The highest BCUT2D eigenvalue weighted by molar-refractivity contribution is 5.42. The smallest absolute Gasteiger partial charge is 0.235 e. The van der Waals surface area contributed by atoms with Crippen LogP contribution in [0.5, 0.6) is 0 Å². The Morgan fingerprint density at radius 2 is 2.31 bits per heavy atom. The van der Waals surface area contributed by atoms with E-state index in [1.54, 1.807) is 18.2 Å². The molecule has 0 aliphatic heterocycles. The summed E-state index contributed by atoms with van der Waals surface area (Å²) >= 11 is 0. The summed E-state index contributed by atoms with van der Waals surface area (Å²) in [5, 5.41) is 0. The SMILES string of the molecule is COCc1cc(C2(N=C=O)CC2)ccc1F. The topological polar surface area (TPSA) is 38.7 Å². The molecule has 0 spiro atoms. The summed E-state index contributed by atoms with van der Waals surface area (Å²) in [5.74, 6) is -0.295. The van der Waals surface area contributed by atoms with Gasteiger partial charge in [-0.05, 0) is 30.5 Å². The Kier molecular flexibility index (Phi) is 2.86. The average molecular weight is 221 g/mol. The third kappa shape index (κ3) is 1.90. The summed E-state index contributed by atoms with van der Waals surface area (Å²) in [7, 11) is 1.52. The maximum atomic E-state index is 13.4. The Morgan fingerprint density at radius 1 is 1.56 bits per heavy atom. The van der Waals surface area contributed by atoms with Crippen molar-refractivity contribution in [2.45, 2.75) is 25.0 Å². The van der Waals surface area contributed by atoms with Gasteiger partial charge in [0.15, 0.2) is 0 Å². The van der Waals surface area contributed by atoms with E-state index >= 15 is 0 Å². The van der Waals surface area contributed by atoms with Crippen molar-refractivity contribution in [2.75, 3.05) is 7.11 Å². The van der Waals surface area contributed by atoms with Crippen molar-refractivity contribution in [3.63, 3.8) is 0 Å². The highest BCUT2D eigenvalue weighted by atomic mass is 19.1. The molecule has 4 heteroatoms. The van der Waals surface area contributed by atoms with Gasteiger partial charge in [0.25, 0.3) is 0 Å². The third-order valence-electron chi connectivity index (χ3n) is 2.87. The van der Waals surface area contributed by atoms with Crippen LogP contribution in [0.4, 0.5) is 4.39 Å². The number of halogens is 1. The van der Waals surface area contributed by atoms with E-state index in [4.69, 9.17) is 4.74 Å². The Balaban J connectivity index is 2.36. The minimum absolute atomic E-state index is 0.223. The lowest BCUT2D eigenvalue weighted by molar-refractivity contribution is 0.181. The molecule has 1 aliphatic rings. The third-order valence-corrected chi connectivity index (χ3v) is 2.87. The van der Waals surface area contributed by atoms with Gasteiger partial charge in [-0.1, -0.05) is 6.07 Å². The van der Waals surface area contributed by atoms with Gasteiger partial charge in [0, 0.05) is 12.7 Å². The molecule has 1 saturated carbocycles. The van der Waals surface area contributed by atoms with E-state index < -0.39 is 5.54 Å². The van der Waals surface area contributed by atoms with Crippen LogP contribution in [0.1, 0.15) is 24.0 Å². The molecule has 0 saturated heterocycles. The molecule has 0 unspecified atom stereocenters. The monoisotopic (exact) mass is 221 g/mol. The van der Waals surface area contributed by atoms with E-state index in [-0.39, 0.29) is 12.4 Å². The molecule has 1 aliphatic carbocycles. The lowest BCUT2D eigenvalue weighted by Crippen LogP contribution is -2.04. The van der Waals surface area contributed by atoms with Crippen LogP contribution in [-0.4, -0.2) is 13.2 Å². The molecule has 3 nitrogen and oxygen atoms in total. The van der Waals surface area contributed by atoms with Crippen LogP contribution < -0.4 is 0 Å². The van der Waals surface area contributed by atoms with E-state index in [1.165, 1.54) is 13.2 Å². The average Bonchev–Trinajstić information content (AvgIpc) is 3.03. The van der Waals surface area contributed by atoms with Crippen molar-refractivity contribution in [3.05, 3.63) is 35.1 Å². The van der Waals surface area contributed by atoms with Crippen molar-refractivity contribution >= 4 is 6.08 Å². The number of nitrogens with zero attached hydrogens (tertiary/aromatic N) is 1. The highest BCUT2D eigenvalue weighted by Gasteiger charge is 2.45. The molecule has 16 heavy (non-hydrogen) atoms. The quantitative estimate of drug-likeness (QED) is 0.578. The molecule has 2 rings (SSSR count). The first-order valence-electron chi connectivity index (χ1n) is 5.09. The second kappa shape index (κ2) is 4.16. The van der Waals surface area contributed by atoms with E-state index in [9.17, 15) is 9.18 Å². The van der Waals surface area contributed by atoms with Gasteiger partial charge in [-0.3, -0.25) is 0 Å². The number of ether oxygens (including phenoxy) is 1. The second-order valence-corrected chi connectivity index (χ2v) is 3.97. The van der Waals surface area contributed by atoms with E-state index in [0.717, 1.165) is 18.4 Å². The number of isocyanates is 1. The predicted molar refractivity (Wildman–Crippen MR) is 56.1 cm³/mol. The molecule has 0 atom stereocenters. The van der Waals surface area contributed by atoms with E-state index in [1.807, 2.05) is 0 Å². The van der Waals surface area contributed by atoms with Gasteiger partial charge < -0.3 is 4.74 Å². The maximum Gasteiger partial charge on any atom is 0.235 e. The van der Waals surface area contributed by atoms with Gasteiger partial charge in [0.05, 0.1) is 12.1 Å². The molecule has 1 aromatic rings. The Labute approximate surface area is 93.0 Å². The van der Waals surface area contributed by atoms with Crippen molar-refractivity contribution in [1.82, 2.24) is 0 Å². The largest absolute Gasteiger partial charge is 0.380 e. The molecule has 1 fully saturated rings. The first-order chi connectivity index (χ1) is 7.72. The van der Waals surface area contributed by atoms with Crippen LogP contribution in [0.25, 0.3) is 0 Å². The molecule has 0 heterocycles. The molecule has 0 bridgehead atoms. The summed E-state index contributed by atoms with van der Waals surface area (Å²) < 4.78 is 18.3. The lowest BCUT2D eigenvalue weighted by Gasteiger charge is -2.10. The number of aliphatic imine (C=N–C) groups is 1. The van der Waals surface area contributed by atoms with Crippen molar-refractivity contribution in [3.8, 4) is 0 Å². The Hall–Kier alpha value is -1.51. The Bertz CT molecular complexity index is 448. The number of benzene rings is 1. The minimum atomic E-state index is -0.446. The zero-order valence-corrected chi connectivity index (χ0v) is 9.00. The number of methoxy groups -OCH3 is 1. The van der Waals surface area contributed by atoms with Crippen LogP contribution in [0, 0.1) is 5.82 Å². The standard InChI is InChI=1S/C12H12FNO2/c1-16-7-9-6-10(2-3-11(9)13)12(4-5-12)14-8-15/h2-3,6H,4-5,7H2,1H3. The molecular formula is C12H12FNO2. The van der Waals surface area contributed by atoms with Crippen LogP contribution in [0.3, 0.4) is 0 Å². The second-order valence-electron chi connectivity index (χ2n) is 3.97. The Morgan fingerprint density at radius 3 is 2.88 bits per heavy atom. The van der Waals surface area contributed by atoms with Crippen LogP contribution >= 0.6 is 0 Å². The van der Waals surface area contributed by atoms with Gasteiger partial charge >= 0.3 is 0 Å². The van der Waals surface area contributed by atoms with Gasteiger partial charge in [-0.2, -0.15) is 4.99 Å². The van der Waals surface area contributed by atoms with E-state index in [2.05, 4.69) is 4.99 Å². The molecule has 0 N–H and O–H groups in total. The molecule has 0 radical (unpaired) electrons. The summed E-state index contributed by atoms with van der Waals surface area (Å²) in [6.45, 7) is 0.223. The summed E-state index contributed by atoms with van der Waals surface area (Å²) in [5.41, 5.74) is 0.912. The van der Waals surface area contributed by atoms with E-state index in [0.29, 0.717) is 5.56 Å². The molecule has 84 valence electrons. The predicted octanol–water partition coefficient (Wildman–Crippen LogP) is 2.30.